The highest BCUT2D eigenvalue weighted by Crippen LogP contribution is 2.35. The number of hydrogen-bond donors (Lipinski definition) is 1. The predicted octanol–water partition coefficient (Wildman–Crippen LogP) is 1.46. The minimum atomic E-state index is -1.11. The fraction of sp³-hybridized carbons (Fsp3) is 0.200. The van der Waals surface area contributed by atoms with Gasteiger partial charge in [-0.15, -0.1) is 0 Å². The highest BCUT2D eigenvalue weighted by atomic mass is 32.2. The maximum atomic E-state index is 11.8. The van der Waals surface area contributed by atoms with Crippen LogP contribution in [0.3, 0.4) is 0 Å². The van der Waals surface area contributed by atoms with Gasteiger partial charge in [-0.05, 0) is 25.1 Å². The monoisotopic (exact) mass is 209 g/mol. The van der Waals surface area contributed by atoms with E-state index in [1.54, 1.807) is 20.1 Å². The van der Waals surface area contributed by atoms with E-state index in [9.17, 15) is 4.21 Å². The molecule has 4 heteroatoms. The third-order valence-corrected chi connectivity index (χ3v) is 3.85. The molecular weight excluding hydrogens is 198 g/mol. The summed E-state index contributed by atoms with van der Waals surface area (Å²) in [5.41, 5.74) is 7.31. The Kier molecular flexibility index (Phi) is 2.07. The average Bonchev–Trinajstić information content (AvgIpc) is 2.44. The Morgan fingerprint density at radius 3 is 2.79 bits per heavy atom. The van der Waals surface area contributed by atoms with E-state index in [1.807, 2.05) is 12.1 Å². The molecule has 0 bridgehead atoms. The van der Waals surface area contributed by atoms with Crippen LogP contribution in [0.2, 0.25) is 0 Å². The molecule has 0 aliphatic carbocycles. The molecule has 2 N–H and O–H groups in total. The van der Waals surface area contributed by atoms with Crippen molar-refractivity contribution in [3.8, 4) is 5.75 Å². The Morgan fingerprint density at radius 2 is 2.14 bits per heavy atom. The number of ether oxygens (including phenoxy) is 1. The Morgan fingerprint density at radius 1 is 1.43 bits per heavy atom. The van der Waals surface area contributed by atoms with Crippen molar-refractivity contribution < 1.29 is 8.95 Å². The zero-order valence-corrected chi connectivity index (χ0v) is 8.85. The smallest absolute Gasteiger partial charge is 0.120 e. The highest BCUT2D eigenvalue weighted by molar-refractivity contribution is 7.89. The van der Waals surface area contributed by atoms with Crippen molar-refractivity contribution >= 4 is 16.5 Å². The molecule has 1 atom stereocenters. The fourth-order valence-electron chi connectivity index (χ4n) is 1.46. The predicted molar refractivity (Wildman–Crippen MR) is 56.2 cm³/mol. The second kappa shape index (κ2) is 3.13. The molecule has 1 aromatic carbocycles. The van der Waals surface area contributed by atoms with E-state index < -0.39 is 10.8 Å². The van der Waals surface area contributed by atoms with Gasteiger partial charge in [0, 0.05) is 10.5 Å². The molecule has 3 nitrogen and oxygen atoms in total. The Hall–Kier alpha value is -1.29. The van der Waals surface area contributed by atoms with Crippen LogP contribution < -0.4 is 10.5 Å². The number of methoxy groups -OCH3 is 1. The zero-order chi connectivity index (χ0) is 10.3. The van der Waals surface area contributed by atoms with Crippen LogP contribution >= 0.6 is 0 Å². The first-order valence-electron chi connectivity index (χ1n) is 4.21. The summed E-state index contributed by atoms with van der Waals surface area (Å²) < 4.78 is 16.9. The minimum absolute atomic E-state index is 0.626. The van der Waals surface area contributed by atoms with Crippen LogP contribution in [0.4, 0.5) is 0 Å². The molecule has 0 saturated heterocycles. The number of hydrogen-bond acceptors (Lipinski definition) is 3. The lowest BCUT2D eigenvalue weighted by Gasteiger charge is -2.03. The van der Waals surface area contributed by atoms with E-state index in [0.717, 1.165) is 15.4 Å². The Labute approximate surface area is 85.0 Å². The van der Waals surface area contributed by atoms with Gasteiger partial charge in [0.25, 0.3) is 0 Å². The molecule has 1 heterocycles. The molecule has 0 amide bonds. The van der Waals surface area contributed by atoms with E-state index in [2.05, 4.69) is 0 Å². The first-order valence-corrected chi connectivity index (χ1v) is 5.36. The lowest BCUT2D eigenvalue weighted by molar-refractivity contribution is 0.413. The molecule has 1 aliphatic rings. The summed E-state index contributed by atoms with van der Waals surface area (Å²) in [5, 5.41) is 0. The van der Waals surface area contributed by atoms with Crippen molar-refractivity contribution in [3.05, 3.63) is 28.7 Å². The molecule has 0 fully saturated rings. The maximum Gasteiger partial charge on any atom is 0.120 e. The van der Waals surface area contributed by atoms with Crippen molar-refractivity contribution in [2.75, 3.05) is 7.11 Å². The first-order chi connectivity index (χ1) is 6.65. The average molecular weight is 209 g/mol. The quantitative estimate of drug-likeness (QED) is 0.762. The standard InChI is InChI=1S/C10H11NO2S/c1-6-10(11)8-4-3-7(13-2)5-9(8)14(6)12/h3-5H,11H2,1-2H3. The van der Waals surface area contributed by atoms with E-state index in [1.165, 1.54) is 0 Å². The topological polar surface area (TPSA) is 52.3 Å². The lowest BCUT2D eigenvalue weighted by atomic mass is 10.1. The molecule has 0 aromatic heterocycles. The highest BCUT2D eigenvalue weighted by Gasteiger charge is 2.24. The van der Waals surface area contributed by atoms with Gasteiger partial charge in [0.15, 0.2) is 0 Å². The van der Waals surface area contributed by atoms with Gasteiger partial charge in [-0.25, -0.2) is 4.21 Å². The van der Waals surface area contributed by atoms with Gasteiger partial charge >= 0.3 is 0 Å². The molecule has 14 heavy (non-hydrogen) atoms. The summed E-state index contributed by atoms with van der Waals surface area (Å²) in [6.07, 6.45) is 0. The van der Waals surface area contributed by atoms with Gasteiger partial charge in [-0.2, -0.15) is 0 Å². The van der Waals surface area contributed by atoms with Gasteiger partial charge in [-0.3, -0.25) is 0 Å². The largest absolute Gasteiger partial charge is 0.497 e. The zero-order valence-electron chi connectivity index (χ0n) is 8.03. The van der Waals surface area contributed by atoms with Gasteiger partial charge < -0.3 is 10.5 Å². The summed E-state index contributed by atoms with van der Waals surface area (Å²) in [7, 11) is 0.477. The van der Waals surface area contributed by atoms with E-state index in [0.29, 0.717) is 11.4 Å². The van der Waals surface area contributed by atoms with Gasteiger partial charge in [0.05, 0.1) is 28.5 Å². The molecule has 74 valence electrons. The number of rotatable bonds is 1. The summed E-state index contributed by atoms with van der Waals surface area (Å²) in [6.45, 7) is 1.79. The van der Waals surface area contributed by atoms with Gasteiger partial charge in [-0.1, -0.05) is 0 Å². The fourth-order valence-corrected chi connectivity index (χ4v) is 2.70. The molecule has 0 spiro atoms. The van der Waals surface area contributed by atoms with E-state index >= 15 is 0 Å². The van der Waals surface area contributed by atoms with E-state index in [4.69, 9.17) is 10.5 Å². The van der Waals surface area contributed by atoms with Crippen LogP contribution in [0, 0.1) is 0 Å². The van der Waals surface area contributed by atoms with Crippen molar-refractivity contribution in [1.29, 1.82) is 0 Å². The van der Waals surface area contributed by atoms with Crippen molar-refractivity contribution in [2.45, 2.75) is 11.8 Å². The van der Waals surface area contributed by atoms with Crippen molar-refractivity contribution in [3.63, 3.8) is 0 Å². The minimum Gasteiger partial charge on any atom is -0.497 e. The number of fused-ring (bicyclic) bond motifs is 1. The molecule has 1 aliphatic heterocycles. The Bertz CT molecular complexity index is 451. The molecule has 2 rings (SSSR count). The summed E-state index contributed by atoms with van der Waals surface area (Å²) in [4.78, 5) is 1.48. The SMILES string of the molecule is COc1ccc2c(c1)S(=O)C(C)=C2N. The summed E-state index contributed by atoms with van der Waals surface area (Å²) in [6, 6.07) is 5.44. The second-order valence-corrected chi connectivity index (χ2v) is 4.69. The number of allylic oxidation sites excluding steroid dienone is 1. The van der Waals surface area contributed by atoms with Crippen LogP contribution in [0.1, 0.15) is 12.5 Å². The molecule has 1 aromatic rings. The van der Waals surface area contributed by atoms with E-state index in [-0.39, 0.29) is 0 Å². The normalized spacial score (nSPS) is 19.7. The Balaban J connectivity index is 2.61. The van der Waals surface area contributed by atoms with Crippen molar-refractivity contribution in [2.24, 2.45) is 5.73 Å². The lowest BCUT2D eigenvalue weighted by Crippen LogP contribution is -1.94. The maximum absolute atomic E-state index is 11.8. The number of benzene rings is 1. The van der Waals surface area contributed by atoms with Crippen LogP contribution in [0.5, 0.6) is 5.75 Å². The molecule has 0 radical (unpaired) electrons. The third-order valence-electron chi connectivity index (χ3n) is 2.34. The van der Waals surface area contributed by atoms with Gasteiger partial charge in [0.2, 0.25) is 0 Å². The molecular formula is C10H11NO2S. The number of nitrogens with two attached hydrogens (primary N) is 1. The molecule has 1 unspecified atom stereocenters. The summed E-state index contributed by atoms with van der Waals surface area (Å²) >= 11 is 0. The van der Waals surface area contributed by atoms with Crippen LogP contribution in [-0.2, 0) is 10.8 Å². The first kappa shape index (κ1) is 9.27. The van der Waals surface area contributed by atoms with Gasteiger partial charge in [0.1, 0.15) is 5.75 Å². The molecule has 0 saturated carbocycles. The van der Waals surface area contributed by atoms with Crippen molar-refractivity contribution in [1.82, 2.24) is 0 Å². The summed E-state index contributed by atoms with van der Waals surface area (Å²) in [5.74, 6) is 0.708. The van der Waals surface area contributed by atoms with Crippen LogP contribution in [-0.4, -0.2) is 11.3 Å². The third kappa shape index (κ3) is 1.14. The second-order valence-electron chi connectivity index (χ2n) is 3.10. The van der Waals surface area contributed by atoms with Crippen LogP contribution in [0.25, 0.3) is 5.70 Å². The van der Waals surface area contributed by atoms with Crippen LogP contribution in [0.15, 0.2) is 28.0 Å².